The summed E-state index contributed by atoms with van der Waals surface area (Å²) in [5.74, 6) is -0.157. The fraction of sp³-hybridized carbons (Fsp3) is 0.429. The Morgan fingerprint density at radius 3 is 2.21 bits per heavy atom. The summed E-state index contributed by atoms with van der Waals surface area (Å²) >= 11 is 0. The number of hydrogen-bond donors (Lipinski definition) is 0. The van der Waals surface area contributed by atoms with Gasteiger partial charge in [0.1, 0.15) is 0 Å². The average molecular weight is 326 g/mol. The van der Waals surface area contributed by atoms with Crippen molar-refractivity contribution in [1.82, 2.24) is 0 Å². The standard InChI is InChI=1S/C21H26O3/c1-2-3-4-5-6-7-8-9-12-15-24-20-16-19(22)17-13-10-11-14-18(17)21(20)23/h2,10-11,13-14,16H,1,3-9,12,15H2. The van der Waals surface area contributed by atoms with Crippen molar-refractivity contribution in [2.45, 2.75) is 51.4 Å². The van der Waals surface area contributed by atoms with Crippen molar-refractivity contribution < 1.29 is 14.3 Å². The second kappa shape index (κ2) is 9.86. The molecular weight excluding hydrogens is 300 g/mol. The number of fused-ring (bicyclic) bond motifs is 1. The minimum atomic E-state index is -0.188. The summed E-state index contributed by atoms with van der Waals surface area (Å²) in [7, 11) is 0. The molecule has 0 aliphatic heterocycles. The number of hydrogen-bond acceptors (Lipinski definition) is 3. The van der Waals surface area contributed by atoms with E-state index in [1.54, 1.807) is 24.3 Å². The second-order valence-corrected chi connectivity index (χ2v) is 6.15. The Hall–Kier alpha value is -2.16. The quantitative estimate of drug-likeness (QED) is 0.411. The highest BCUT2D eigenvalue weighted by atomic mass is 16.5. The van der Waals surface area contributed by atoms with Crippen molar-refractivity contribution >= 4 is 11.6 Å². The summed E-state index contributed by atoms with van der Waals surface area (Å²) in [5.41, 5.74) is 0.908. The molecule has 0 saturated heterocycles. The molecule has 0 unspecified atom stereocenters. The molecule has 0 fully saturated rings. The van der Waals surface area contributed by atoms with Crippen LogP contribution in [0.1, 0.15) is 72.1 Å². The molecule has 0 amide bonds. The van der Waals surface area contributed by atoms with E-state index in [-0.39, 0.29) is 17.3 Å². The minimum Gasteiger partial charge on any atom is -0.489 e. The van der Waals surface area contributed by atoms with E-state index in [2.05, 4.69) is 6.58 Å². The Morgan fingerprint density at radius 2 is 1.50 bits per heavy atom. The molecule has 1 aliphatic carbocycles. The van der Waals surface area contributed by atoms with E-state index in [1.165, 1.54) is 38.2 Å². The number of allylic oxidation sites excluding steroid dienone is 3. The van der Waals surface area contributed by atoms with Crippen LogP contribution in [-0.2, 0) is 4.74 Å². The average Bonchev–Trinajstić information content (AvgIpc) is 2.60. The lowest BCUT2D eigenvalue weighted by Crippen LogP contribution is -2.18. The maximum atomic E-state index is 12.3. The third kappa shape index (κ3) is 5.19. The SMILES string of the molecule is C=CCCCCCCCCCOC1=CC(=O)c2ccccc2C1=O. The van der Waals surface area contributed by atoms with E-state index < -0.39 is 0 Å². The third-order valence-corrected chi connectivity index (χ3v) is 4.23. The maximum absolute atomic E-state index is 12.3. The van der Waals surface area contributed by atoms with Gasteiger partial charge in [0.15, 0.2) is 11.5 Å². The van der Waals surface area contributed by atoms with Crippen LogP contribution in [0.2, 0.25) is 0 Å². The Bertz CT molecular complexity index is 613. The zero-order chi connectivity index (χ0) is 17.2. The van der Waals surface area contributed by atoms with Crippen LogP contribution in [0.4, 0.5) is 0 Å². The summed E-state index contributed by atoms with van der Waals surface area (Å²) < 4.78 is 5.56. The van der Waals surface area contributed by atoms with Crippen molar-refractivity contribution in [2.24, 2.45) is 0 Å². The molecule has 0 saturated carbocycles. The number of ether oxygens (including phenoxy) is 1. The van der Waals surface area contributed by atoms with Gasteiger partial charge in [0.2, 0.25) is 5.78 Å². The summed E-state index contributed by atoms with van der Waals surface area (Å²) in [6.45, 7) is 4.22. The van der Waals surface area contributed by atoms with Gasteiger partial charge in [-0.3, -0.25) is 9.59 Å². The van der Waals surface area contributed by atoms with E-state index in [9.17, 15) is 9.59 Å². The molecule has 0 atom stereocenters. The highest BCUT2D eigenvalue weighted by molar-refractivity contribution is 6.23. The van der Waals surface area contributed by atoms with Crippen molar-refractivity contribution in [1.29, 1.82) is 0 Å². The molecule has 1 aliphatic rings. The Morgan fingerprint density at radius 1 is 0.875 bits per heavy atom. The van der Waals surface area contributed by atoms with E-state index in [1.807, 2.05) is 6.08 Å². The summed E-state index contributed by atoms with van der Waals surface area (Å²) in [4.78, 5) is 24.3. The normalized spacial score (nSPS) is 13.4. The lowest BCUT2D eigenvalue weighted by Gasteiger charge is -2.15. The van der Waals surface area contributed by atoms with Gasteiger partial charge in [-0.1, -0.05) is 62.4 Å². The van der Waals surface area contributed by atoms with Gasteiger partial charge < -0.3 is 4.74 Å². The van der Waals surface area contributed by atoms with E-state index in [4.69, 9.17) is 4.74 Å². The fourth-order valence-corrected chi connectivity index (χ4v) is 2.86. The highest BCUT2D eigenvalue weighted by Crippen LogP contribution is 2.22. The van der Waals surface area contributed by atoms with Crippen LogP contribution in [0.5, 0.6) is 0 Å². The van der Waals surface area contributed by atoms with Crippen LogP contribution in [0.25, 0.3) is 0 Å². The number of carbonyl (C=O) groups excluding carboxylic acids is 2. The van der Waals surface area contributed by atoms with Gasteiger partial charge in [0.25, 0.3) is 0 Å². The molecule has 0 radical (unpaired) electrons. The predicted octanol–water partition coefficient (Wildman–Crippen LogP) is 5.27. The molecule has 2 rings (SSSR count). The predicted molar refractivity (Wildman–Crippen MR) is 96.3 cm³/mol. The van der Waals surface area contributed by atoms with Gasteiger partial charge in [-0.2, -0.15) is 0 Å². The molecule has 128 valence electrons. The van der Waals surface area contributed by atoms with Gasteiger partial charge in [0, 0.05) is 17.2 Å². The molecule has 1 aromatic carbocycles. The largest absolute Gasteiger partial charge is 0.489 e. The maximum Gasteiger partial charge on any atom is 0.228 e. The van der Waals surface area contributed by atoms with Gasteiger partial charge in [-0.15, -0.1) is 6.58 Å². The van der Waals surface area contributed by atoms with Gasteiger partial charge in [-0.25, -0.2) is 0 Å². The lowest BCUT2D eigenvalue weighted by atomic mass is 9.94. The number of Topliss-reactive ketones (excluding diaryl/α,β-unsaturated/α-hetero) is 1. The van der Waals surface area contributed by atoms with Crippen molar-refractivity contribution in [3.8, 4) is 0 Å². The van der Waals surface area contributed by atoms with Crippen LogP contribution in [0.3, 0.4) is 0 Å². The number of benzene rings is 1. The second-order valence-electron chi connectivity index (χ2n) is 6.15. The molecule has 0 N–H and O–H groups in total. The summed E-state index contributed by atoms with van der Waals surface area (Å²) in [6.07, 6.45) is 12.6. The first-order valence-electron chi connectivity index (χ1n) is 8.87. The van der Waals surface area contributed by atoms with E-state index in [0.29, 0.717) is 17.7 Å². The van der Waals surface area contributed by atoms with Crippen molar-refractivity contribution in [3.05, 3.63) is 59.9 Å². The van der Waals surface area contributed by atoms with Crippen LogP contribution in [-0.4, -0.2) is 18.2 Å². The van der Waals surface area contributed by atoms with E-state index in [0.717, 1.165) is 19.3 Å². The van der Waals surface area contributed by atoms with Gasteiger partial charge >= 0.3 is 0 Å². The molecule has 0 bridgehead atoms. The number of rotatable bonds is 11. The first-order chi connectivity index (χ1) is 11.7. The monoisotopic (exact) mass is 326 g/mol. The Balaban J connectivity index is 1.64. The zero-order valence-electron chi connectivity index (χ0n) is 14.3. The molecule has 1 aromatic rings. The highest BCUT2D eigenvalue weighted by Gasteiger charge is 2.26. The molecule has 0 heterocycles. The lowest BCUT2D eigenvalue weighted by molar-refractivity contribution is 0.0879. The van der Waals surface area contributed by atoms with Gasteiger partial charge in [0.05, 0.1) is 6.61 Å². The summed E-state index contributed by atoms with van der Waals surface area (Å²) in [5, 5.41) is 0. The smallest absolute Gasteiger partial charge is 0.228 e. The first kappa shape index (κ1) is 18.2. The summed E-state index contributed by atoms with van der Waals surface area (Å²) in [6, 6.07) is 6.89. The van der Waals surface area contributed by atoms with Crippen LogP contribution in [0, 0.1) is 0 Å². The molecular formula is C21H26O3. The number of unbranched alkanes of at least 4 members (excludes halogenated alkanes) is 7. The van der Waals surface area contributed by atoms with Crippen LogP contribution in [0.15, 0.2) is 48.8 Å². The zero-order valence-corrected chi connectivity index (χ0v) is 14.3. The molecule has 0 spiro atoms. The minimum absolute atomic E-state index is 0.153. The Kier molecular flexibility index (Phi) is 7.47. The topological polar surface area (TPSA) is 43.4 Å². The van der Waals surface area contributed by atoms with Crippen molar-refractivity contribution in [2.75, 3.05) is 6.61 Å². The number of ketones is 2. The molecule has 3 nitrogen and oxygen atoms in total. The van der Waals surface area contributed by atoms with Crippen LogP contribution < -0.4 is 0 Å². The molecule has 0 aromatic heterocycles. The first-order valence-corrected chi connectivity index (χ1v) is 8.87. The fourth-order valence-electron chi connectivity index (χ4n) is 2.86. The van der Waals surface area contributed by atoms with Gasteiger partial charge in [-0.05, 0) is 19.3 Å². The Labute approximate surface area is 144 Å². The van der Waals surface area contributed by atoms with E-state index >= 15 is 0 Å². The van der Waals surface area contributed by atoms with Crippen LogP contribution >= 0.6 is 0 Å². The number of carbonyl (C=O) groups is 2. The molecule has 24 heavy (non-hydrogen) atoms. The molecule has 3 heteroatoms. The third-order valence-electron chi connectivity index (χ3n) is 4.23. The van der Waals surface area contributed by atoms with Crippen molar-refractivity contribution in [3.63, 3.8) is 0 Å².